The van der Waals surface area contributed by atoms with E-state index >= 15 is 0 Å². The molecular formula is C16H12INO. The number of aromatic nitrogens is 1. The van der Waals surface area contributed by atoms with Gasteiger partial charge in [0, 0.05) is 15.2 Å². The van der Waals surface area contributed by atoms with Crippen LogP contribution in [0.3, 0.4) is 0 Å². The summed E-state index contributed by atoms with van der Waals surface area (Å²) in [4.78, 5) is 12.6. The summed E-state index contributed by atoms with van der Waals surface area (Å²) < 4.78 is 2.69. The highest BCUT2D eigenvalue weighted by Gasteiger charge is 2.14. The molecule has 19 heavy (non-hydrogen) atoms. The summed E-state index contributed by atoms with van der Waals surface area (Å²) in [5.74, 6) is 0.0191. The third-order valence-corrected chi connectivity index (χ3v) is 4.21. The molecule has 0 bridgehead atoms. The van der Waals surface area contributed by atoms with Crippen LogP contribution in [-0.4, -0.2) is 10.5 Å². The molecule has 0 aliphatic carbocycles. The molecule has 0 saturated carbocycles. The number of hydrogen-bond acceptors (Lipinski definition) is 1. The Balaban J connectivity index is 2.18. The van der Waals surface area contributed by atoms with E-state index in [1.54, 1.807) is 4.57 Å². The van der Waals surface area contributed by atoms with Gasteiger partial charge in [-0.1, -0.05) is 24.3 Å². The van der Waals surface area contributed by atoms with E-state index < -0.39 is 0 Å². The Labute approximate surface area is 125 Å². The summed E-state index contributed by atoms with van der Waals surface area (Å²) in [6, 6.07) is 15.7. The van der Waals surface area contributed by atoms with E-state index in [0.29, 0.717) is 0 Å². The van der Waals surface area contributed by atoms with Gasteiger partial charge in [0.2, 0.25) is 0 Å². The Morgan fingerprint density at radius 2 is 1.84 bits per heavy atom. The predicted molar refractivity (Wildman–Crippen MR) is 85.6 cm³/mol. The zero-order valence-electron chi connectivity index (χ0n) is 10.4. The molecule has 0 amide bonds. The van der Waals surface area contributed by atoms with E-state index in [2.05, 4.69) is 35.6 Å². The van der Waals surface area contributed by atoms with Crippen molar-refractivity contribution >= 4 is 39.4 Å². The average Bonchev–Trinajstić information content (AvgIpc) is 2.84. The number of halogens is 1. The van der Waals surface area contributed by atoms with Crippen LogP contribution in [0.15, 0.2) is 54.7 Å². The lowest BCUT2D eigenvalue weighted by Gasteiger charge is -2.06. The first kappa shape index (κ1) is 12.4. The first-order valence-corrected chi connectivity index (χ1v) is 7.12. The predicted octanol–water partition coefficient (Wildman–Crippen LogP) is 4.24. The molecule has 3 rings (SSSR count). The molecule has 0 unspecified atom stereocenters. The normalized spacial score (nSPS) is 10.8. The quantitative estimate of drug-likeness (QED) is 0.595. The molecule has 0 saturated heterocycles. The van der Waals surface area contributed by atoms with Gasteiger partial charge in [-0.2, -0.15) is 0 Å². The van der Waals surface area contributed by atoms with Crippen molar-refractivity contribution < 1.29 is 4.79 Å². The van der Waals surface area contributed by atoms with Crippen LogP contribution in [0.25, 0.3) is 10.9 Å². The fourth-order valence-electron chi connectivity index (χ4n) is 2.26. The molecule has 1 aromatic heterocycles. The summed E-state index contributed by atoms with van der Waals surface area (Å²) >= 11 is 2.20. The molecule has 3 heteroatoms. The van der Waals surface area contributed by atoms with Crippen LogP contribution in [-0.2, 0) is 0 Å². The van der Waals surface area contributed by atoms with Crippen molar-refractivity contribution in [3.8, 4) is 0 Å². The van der Waals surface area contributed by atoms with Gasteiger partial charge in [0.25, 0.3) is 5.91 Å². The summed E-state index contributed by atoms with van der Waals surface area (Å²) in [6.45, 7) is 2.06. The van der Waals surface area contributed by atoms with Crippen molar-refractivity contribution in [3.63, 3.8) is 0 Å². The molecule has 1 heterocycles. The van der Waals surface area contributed by atoms with Gasteiger partial charge in [-0.05, 0) is 59.3 Å². The SMILES string of the molecule is Cc1cccc2c1ccn2C(=O)c1ccccc1I. The summed E-state index contributed by atoms with van der Waals surface area (Å²) in [6.07, 6.45) is 1.85. The van der Waals surface area contributed by atoms with Gasteiger partial charge < -0.3 is 0 Å². The van der Waals surface area contributed by atoms with Gasteiger partial charge in [-0.25, -0.2) is 0 Å². The largest absolute Gasteiger partial charge is 0.283 e. The first-order chi connectivity index (χ1) is 9.18. The van der Waals surface area contributed by atoms with Gasteiger partial charge in [-0.15, -0.1) is 0 Å². The third kappa shape index (κ3) is 2.08. The molecule has 0 radical (unpaired) electrons. The first-order valence-electron chi connectivity index (χ1n) is 6.04. The van der Waals surface area contributed by atoms with E-state index in [-0.39, 0.29) is 5.91 Å². The Kier molecular flexibility index (Phi) is 3.14. The minimum absolute atomic E-state index is 0.0191. The molecule has 2 aromatic carbocycles. The van der Waals surface area contributed by atoms with Crippen LogP contribution >= 0.6 is 22.6 Å². The maximum Gasteiger partial charge on any atom is 0.263 e. The van der Waals surface area contributed by atoms with Gasteiger partial charge in [0.05, 0.1) is 11.1 Å². The van der Waals surface area contributed by atoms with E-state index in [9.17, 15) is 4.79 Å². The number of carbonyl (C=O) groups excluding carboxylic acids is 1. The van der Waals surface area contributed by atoms with Crippen LogP contribution in [0.2, 0.25) is 0 Å². The second-order valence-corrected chi connectivity index (χ2v) is 5.64. The molecule has 0 spiro atoms. The number of hydrogen-bond donors (Lipinski definition) is 0. The second-order valence-electron chi connectivity index (χ2n) is 4.48. The zero-order chi connectivity index (χ0) is 13.4. The fourth-order valence-corrected chi connectivity index (χ4v) is 2.88. The lowest BCUT2D eigenvalue weighted by atomic mass is 10.1. The average molecular weight is 361 g/mol. The number of nitrogens with zero attached hydrogens (tertiary/aromatic N) is 1. The highest BCUT2D eigenvalue weighted by Crippen LogP contribution is 2.22. The van der Waals surface area contributed by atoms with E-state index in [1.807, 2.05) is 48.7 Å². The highest BCUT2D eigenvalue weighted by molar-refractivity contribution is 14.1. The van der Waals surface area contributed by atoms with Gasteiger partial charge in [0.15, 0.2) is 0 Å². The van der Waals surface area contributed by atoms with Crippen LogP contribution in [0.4, 0.5) is 0 Å². The van der Waals surface area contributed by atoms with Gasteiger partial charge in [-0.3, -0.25) is 9.36 Å². The molecule has 0 N–H and O–H groups in total. The third-order valence-electron chi connectivity index (χ3n) is 3.27. The number of carbonyl (C=O) groups is 1. The second kappa shape index (κ2) is 4.81. The van der Waals surface area contributed by atoms with Crippen molar-refractivity contribution in [3.05, 3.63) is 69.4 Å². The molecule has 0 aliphatic heterocycles. The van der Waals surface area contributed by atoms with Crippen molar-refractivity contribution in [2.45, 2.75) is 6.92 Å². The van der Waals surface area contributed by atoms with E-state index in [0.717, 1.165) is 20.0 Å². The molecule has 3 aromatic rings. The minimum atomic E-state index is 0.0191. The smallest absolute Gasteiger partial charge is 0.263 e. The number of fused-ring (bicyclic) bond motifs is 1. The number of rotatable bonds is 1. The Hall–Kier alpha value is -1.62. The topological polar surface area (TPSA) is 22.0 Å². The summed E-state index contributed by atoms with van der Waals surface area (Å²) in [5.41, 5.74) is 2.89. The van der Waals surface area contributed by atoms with Crippen molar-refractivity contribution in [1.82, 2.24) is 4.57 Å². The van der Waals surface area contributed by atoms with E-state index in [1.165, 1.54) is 5.56 Å². The maximum absolute atomic E-state index is 12.6. The molecule has 2 nitrogen and oxygen atoms in total. The Morgan fingerprint density at radius 1 is 1.05 bits per heavy atom. The molecule has 0 atom stereocenters. The number of aryl methyl sites for hydroxylation is 1. The van der Waals surface area contributed by atoms with Crippen molar-refractivity contribution in [1.29, 1.82) is 0 Å². The minimum Gasteiger partial charge on any atom is -0.283 e. The summed E-state index contributed by atoms with van der Waals surface area (Å²) in [5, 5.41) is 1.13. The van der Waals surface area contributed by atoms with Crippen LogP contribution in [0.1, 0.15) is 15.9 Å². The van der Waals surface area contributed by atoms with Crippen LogP contribution in [0, 0.1) is 10.5 Å². The summed E-state index contributed by atoms with van der Waals surface area (Å²) in [7, 11) is 0. The lowest BCUT2D eigenvalue weighted by molar-refractivity contribution is 0.0964. The zero-order valence-corrected chi connectivity index (χ0v) is 12.6. The van der Waals surface area contributed by atoms with Gasteiger partial charge in [0.1, 0.15) is 0 Å². The van der Waals surface area contributed by atoms with E-state index in [4.69, 9.17) is 0 Å². The molecular weight excluding hydrogens is 349 g/mol. The van der Waals surface area contributed by atoms with Gasteiger partial charge >= 0.3 is 0 Å². The Morgan fingerprint density at radius 3 is 2.63 bits per heavy atom. The van der Waals surface area contributed by atoms with Crippen LogP contribution < -0.4 is 0 Å². The van der Waals surface area contributed by atoms with Crippen LogP contribution in [0.5, 0.6) is 0 Å². The highest BCUT2D eigenvalue weighted by atomic mass is 127. The number of benzene rings is 2. The lowest BCUT2D eigenvalue weighted by Crippen LogP contribution is -2.12. The Bertz CT molecular complexity index is 773. The molecule has 94 valence electrons. The molecule has 0 fully saturated rings. The van der Waals surface area contributed by atoms with Crippen molar-refractivity contribution in [2.75, 3.05) is 0 Å². The monoisotopic (exact) mass is 361 g/mol. The maximum atomic E-state index is 12.6. The molecule has 0 aliphatic rings. The fraction of sp³-hybridized carbons (Fsp3) is 0.0625. The van der Waals surface area contributed by atoms with Crippen molar-refractivity contribution in [2.24, 2.45) is 0 Å². The standard InChI is InChI=1S/C16H12INO/c1-11-5-4-8-15-12(11)9-10-18(15)16(19)13-6-2-3-7-14(13)17/h2-10H,1H3.